The van der Waals surface area contributed by atoms with Crippen molar-refractivity contribution in [1.82, 2.24) is 10.2 Å². The number of hydrogen-bond acceptors (Lipinski definition) is 3. The molecule has 1 aromatic heterocycles. The van der Waals surface area contributed by atoms with Crippen molar-refractivity contribution < 1.29 is 4.21 Å². The second kappa shape index (κ2) is 2.30. The van der Waals surface area contributed by atoms with Crippen LogP contribution >= 0.6 is 0 Å². The third-order valence-corrected chi connectivity index (χ3v) is 1.41. The minimum atomic E-state index is -2.67. The highest BCUT2D eigenvalue weighted by Crippen LogP contribution is 2.00. The Morgan fingerprint density at radius 2 is 2.60 bits per heavy atom. The predicted molar refractivity (Wildman–Crippen MR) is 39.0 cm³/mol. The SMILES string of the molecule is CS(=N)(=O)Nc1ccn[nH]1. The largest absolute Gasteiger partial charge is 0.284 e. The molecular formula is C4H8N4OS. The average molecular weight is 160 g/mol. The lowest BCUT2D eigenvalue weighted by Gasteiger charge is -1.99. The highest BCUT2D eigenvalue weighted by molar-refractivity contribution is 7.93. The van der Waals surface area contributed by atoms with E-state index in [1.807, 2.05) is 0 Å². The van der Waals surface area contributed by atoms with Gasteiger partial charge in [0.15, 0.2) is 0 Å². The summed E-state index contributed by atoms with van der Waals surface area (Å²) in [7, 11) is -2.67. The standard InChI is InChI=1S/C4H8N4OS/c1-10(5,9)8-4-2-3-6-7-4/h2-3H,1H3,(H3,5,6,7,8,9). The molecule has 0 fully saturated rings. The van der Waals surface area contributed by atoms with Gasteiger partial charge in [0, 0.05) is 12.3 Å². The van der Waals surface area contributed by atoms with Crippen molar-refractivity contribution in [3.63, 3.8) is 0 Å². The molecule has 1 heterocycles. The summed E-state index contributed by atoms with van der Waals surface area (Å²) < 4.78 is 20.2. The summed E-state index contributed by atoms with van der Waals surface area (Å²) in [6.07, 6.45) is 2.82. The Balaban J connectivity index is 2.75. The van der Waals surface area contributed by atoms with Gasteiger partial charge >= 0.3 is 0 Å². The van der Waals surface area contributed by atoms with E-state index in [4.69, 9.17) is 4.78 Å². The van der Waals surface area contributed by atoms with Crippen LogP contribution in [0.2, 0.25) is 0 Å². The number of hydrogen-bond donors (Lipinski definition) is 3. The molecule has 0 aliphatic heterocycles. The Hall–Kier alpha value is -1.04. The molecule has 1 rings (SSSR count). The molecule has 0 aliphatic carbocycles. The number of rotatable bonds is 2. The summed E-state index contributed by atoms with van der Waals surface area (Å²) in [6.45, 7) is 0. The van der Waals surface area contributed by atoms with Gasteiger partial charge in [0.1, 0.15) is 15.7 Å². The normalized spacial score (nSPS) is 16.1. The van der Waals surface area contributed by atoms with Crippen molar-refractivity contribution in [2.24, 2.45) is 0 Å². The lowest BCUT2D eigenvalue weighted by atomic mass is 10.7. The summed E-state index contributed by atoms with van der Waals surface area (Å²) in [5.41, 5.74) is 0. The van der Waals surface area contributed by atoms with Gasteiger partial charge in [0.2, 0.25) is 0 Å². The summed E-state index contributed by atoms with van der Waals surface area (Å²) >= 11 is 0. The van der Waals surface area contributed by atoms with Crippen molar-refractivity contribution in [2.45, 2.75) is 0 Å². The summed E-state index contributed by atoms with van der Waals surface area (Å²) in [6, 6.07) is 1.61. The lowest BCUT2D eigenvalue weighted by Crippen LogP contribution is -2.07. The van der Waals surface area contributed by atoms with Crippen LogP contribution < -0.4 is 4.72 Å². The Labute approximate surface area is 58.9 Å². The topological polar surface area (TPSA) is 81.6 Å². The summed E-state index contributed by atoms with van der Waals surface area (Å²) in [5, 5.41) is 6.14. The van der Waals surface area contributed by atoms with Crippen LogP contribution in [0, 0.1) is 4.78 Å². The highest BCUT2D eigenvalue weighted by atomic mass is 32.2. The lowest BCUT2D eigenvalue weighted by molar-refractivity contribution is 0.682. The van der Waals surface area contributed by atoms with E-state index >= 15 is 0 Å². The maximum Gasteiger partial charge on any atom is 0.133 e. The average Bonchev–Trinajstić information content (AvgIpc) is 2.12. The Kier molecular flexibility index (Phi) is 1.62. The Morgan fingerprint density at radius 3 is 3.00 bits per heavy atom. The minimum absolute atomic E-state index is 0.502. The van der Waals surface area contributed by atoms with Gasteiger partial charge in [0.25, 0.3) is 0 Å². The second-order valence-corrected chi connectivity index (χ2v) is 3.81. The van der Waals surface area contributed by atoms with Gasteiger partial charge in [-0.3, -0.25) is 9.82 Å². The van der Waals surface area contributed by atoms with Gasteiger partial charge in [0.05, 0.1) is 6.20 Å². The van der Waals surface area contributed by atoms with Crippen LogP contribution in [-0.2, 0) is 9.92 Å². The number of nitrogens with one attached hydrogen (secondary N) is 3. The highest BCUT2D eigenvalue weighted by Gasteiger charge is 1.96. The monoisotopic (exact) mass is 160 g/mol. The molecule has 1 unspecified atom stereocenters. The zero-order valence-corrected chi connectivity index (χ0v) is 6.23. The maximum absolute atomic E-state index is 10.8. The first-order valence-electron chi connectivity index (χ1n) is 2.59. The Bertz CT molecular complexity index is 287. The van der Waals surface area contributed by atoms with E-state index in [2.05, 4.69) is 14.9 Å². The third kappa shape index (κ3) is 2.06. The van der Waals surface area contributed by atoms with Gasteiger partial charge in [-0.1, -0.05) is 0 Å². The quantitative estimate of drug-likeness (QED) is 0.585. The Morgan fingerprint density at radius 1 is 1.90 bits per heavy atom. The minimum Gasteiger partial charge on any atom is -0.284 e. The number of H-pyrrole nitrogens is 1. The molecule has 0 aliphatic rings. The van der Waals surface area contributed by atoms with Crippen molar-refractivity contribution >= 4 is 15.7 Å². The smallest absolute Gasteiger partial charge is 0.133 e. The van der Waals surface area contributed by atoms with Crippen LogP contribution in [0.5, 0.6) is 0 Å². The van der Waals surface area contributed by atoms with Crippen molar-refractivity contribution in [1.29, 1.82) is 4.78 Å². The fourth-order valence-electron chi connectivity index (χ4n) is 0.523. The molecule has 0 radical (unpaired) electrons. The number of nitrogens with zero attached hydrogens (tertiary/aromatic N) is 1. The molecule has 0 saturated heterocycles. The van der Waals surface area contributed by atoms with Gasteiger partial charge in [-0.2, -0.15) is 5.10 Å². The molecule has 0 amide bonds. The molecule has 6 heteroatoms. The third-order valence-electron chi connectivity index (χ3n) is 0.805. The van der Waals surface area contributed by atoms with Gasteiger partial charge in [-0.05, 0) is 0 Å². The first-order valence-corrected chi connectivity index (χ1v) is 4.55. The van der Waals surface area contributed by atoms with E-state index in [0.717, 1.165) is 0 Å². The predicted octanol–water partition coefficient (Wildman–Crippen LogP) is 0.413. The van der Waals surface area contributed by atoms with Crippen LogP contribution in [-0.4, -0.2) is 20.7 Å². The van der Waals surface area contributed by atoms with E-state index in [9.17, 15) is 4.21 Å². The van der Waals surface area contributed by atoms with E-state index in [0.29, 0.717) is 5.82 Å². The first-order chi connectivity index (χ1) is 4.58. The van der Waals surface area contributed by atoms with Gasteiger partial charge in [-0.15, -0.1) is 0 Å². The molecule has 0 saturated carbocycles. The van der Waals surface area contributed by atoms with Crippen LogP contribution in [0.4, 0.5) is 5.82 Å². The molecule has 0 spiro atoms. The molecule has 1 aromatic rings. The first kappa shape index (κ1) is 7.07. The van der Waals surface area contributed by atoms with Crippen LogP contribution in [0.25, 0.3) is 0 Å². The molecular weight excluding hydrogens is 152 g/mol. The molecule has 0 aromatic carbocycles. The van der Waals surface area contributed by atoms with E-state index in [1.54, 1.807) is 6.07 Å². The van der Waals surface area contributed by atoms with Crippen LogP contribution in [0.1, 0.15) is 0 Å². The van der Waals surface area contributed by atoms with Crippen molar-refractivity contribution in [3.05, 3.63) is 12.3 Å². The van der Waals surface area contributed by atoms with E-state index in [1.165, 1.54) is 12.5 Å². The molecule has 3 N–H and O–H groups in total. The molecule has 1 atom stereocenters. The van der Waals surface area contributed by atoms with E-state index in [-0.39, 0.29) is 0 Å². The fraction of sp³-hybridized carbons (Fsp3) is 0.250. The molecule has 5 nitrogen and oxygen atoms in total. The number of aromatic nitrogens is 2. The molecule has 10 heavy (non-hydrogen) atoms. The van der Waals surface area contributed by atoms with Gasteiger partial charge in [-0.25, -0.2) is 8.99 Å². The maximum atomic E-state index is 10.8. The van der Waals surface area contributed by atoms with Crippen LogP contribution in [0.15, 0.2) is 12.3 Å². The zero-order valence-electron chi connectivity index (χ0n) is 5.42. The van der Waals surface area contributed by atoms with Crippen molar-refractivity contribution in [3.8, 4) is 0 Å². The second-order valence-electron chi connectivity index (χ2n) is 1.92. The van der Waals surface area contributed by atoms with Gasteiger partial charge < -0.3 is 0 Å². The summed E-state index contributed by atoms with van der Waals surface area (Å²) in [5.74, 6) is 0.502. The summed E-state index contributed by atoms with van der Waals surface area (Å²) in [4.78, 5) is 0. The zero-order chi connectivity index (χ0) is 7.61. The molecule has 56 valence electrons. The number of aromatic amines is 1. The fourth-order valence-corrected chi connectivity index (χ4v) is 1.06. The van der Waals surface area contributed by atoms with Crippen molar-refractivity contribution in [2.75, 3.05) is 11.0 Å². The molecule has 0 bridgehead atoms. The van der Waals surface area contributed by atoms with E-state index < -0.39 is 9.92 Å². The van der Waals surface area contributed by atoms with Crippen LogP contribution in [0.3, 0.4) is 0 Å². The number of anilines is 1.